The van der Waals surface area contributed by atoms with Crippen LogP contribution in [0.5, 0.6) is 0 Å². The van der Waals surface area contributed by atoms with Crippen LogP contribution in [0.4, 0.5) is 4.39 Å². The third-order valence-electron chi connectivity index (χ3n) is 4.00. The minimum absolute atomic E-state index is 0.109. The van der Waals surface area contributed by atoms with E-state index in [-0.39, 0.29) is 17.1 Å². The first-order chi connectivity index (χ1) is 8.97. The molecule has 104 valence electrons. The molecule has 1 aromatic carbocycles. The number of nitrogens with zero attached hydrogens (tertiary/aromatic N) is 1. The number of hydrogen-bond acceptors (Lipinski definition) is 2. The van der Waals surface area contributed by atoms with Crippen LogP contribution in [0.1, 0.15) is 25.3 Å². The number of hydrogen-bond donors (Lipinski definition) is 1. The van der Waals surface area contributed by atoms with Gasteiger partial charge in [0.05, 0.1) is 5.41 Å². The Balaban J connectivity index is 2.01. The van der Waals surface area contributed by atoms with Gasteiger partial charge < -0.3 is 10.6 Å². The molecule has 3 nitrogen and oxygen atoms in total. The molecule has 1 aliphatic rings. The van der Waals surface area contributed by atoms with E-state index >= 15 is 0 Å². The Labute approximate surface area is 113 Å². The Morgan fingerprint density at radius 3 is 2.47 bits per heavy atom. The van der Waals surface area contributed by atoms with E-state index < -0.39 is 0 Å². The normalized spacial score (nSPS) is 25.8. The van der Waals surface area contributed by atoms with Crippen LogP contribution in [-0.4, -0.2) is 24.4 Å². The van der Waals surface area contributed by atoms with Crippen LogP contribution in [0, 0.1) is 17.2 Å². The molecule has 0 unspecified atom stereocenters. The van der Waals surface area contributed by atoms with Crippen LogP contribution in [0.15, 0.2) is 24.3 Å². The van der Waals surface area contributed by atoms with Gasteiger partial charge in [-0.15, -0.1) is 0 Å². The Morgan fingerprint density at radius 2 is 2.00 bits per heavy atom. The molecule has 0 radical (unpaired) electrons. The number of halogens is 1. The second kappa shape index (κ2) is 5.29. The van der Waals surface area contributed by atoms with Gasteiger partial charge in [0.2, 0.25) is 5.91 Å². The molecule has 1 aliphatic carbocycles. The zero-order valence-corrected chi connectivity index (χ0v) is 11.5. The number of rotatable bonds is 4. The predicted octanol–water partition coefficient (Wildman–Crippen LogP) is 2.16. The summed E-state index contributed by atoms with van der Waals surface area (Å²) < 4.78 is 12.8. The number of carbonyl (C=O) groups is 1. The molecule has 4 heteroatoms. The van der Waals surface area contributed by atoms with E-state index in [9.17, 15) is 9.18 Å². The first-order valence-corrected chi connectivity index (χ1v) is 6.67. The second-order valence-corrected chi connectivity index (χ2v) is 5.79. The zero-order chi connectivity index (χ0) is 14.0. The number of carbonyl (C=O) groups excluding carboxylic acids is 1. The summed E-state index contributed by atoms with van der Waals surface area (Å²) in [6, 6.07) is 6.24. The molecule has 0 bridgehead atoms. The predicted molar refractivity (Wildman–Crippen MR) is 72.8 cm³/mol. The van der Waals surface area contributed by atoms with Crippen molar-refractivity contribution in [3.05, 3.63) is 35.6 Å². The van der Waals surface area contributed by atoms with Gasteiger partial charge in [0, 0.05) is 20.1 Å². The molecule has 2 rings (SSSR count). The fraction of sp³-hybridized carbons (Fsp3) is 0.533. The van der Waals surface area contributed by atoms with E-state index in [1.54, 1.807) is 24.1 Å². The van der Waals surface area contributed by atoms with Crippen molar-refractivity contribution in [2.24, 2.45) is 17.1 Å². The van der Waals surface area contributed by atoms with Gasteiger partial charge in [-0.1, -0.05) is 19.1 Å². The van der Waals surface area contributed by atoms with E-state index in [0.717, 1.165) is 18.4 Å². The summed E-state index contributed by atoms with van der Waals surface area (Å²) in [5.74, 6) is 0.424. The molecular formula is C15H21FN2O. The highest BCUT2D eigenvalue weighted by Gasteiger charge is 2.48. The topological polar surface area (TPSA) is 46.3 Å². The van der Waals surface area contributed by atoms with Gasteiger partial charge in [0.15, 0.2) is 0 Å². The summed E-state index contributed by atoms with van der Waals surface area (Å²) in [6.45, 7) is 3.04. The average molecular weight is 264 g/mol. The molecule has 2 N–H and O–H groups in total. The molecule has 19 heavy (non-hydrogen) atoms. The summed E-state index contributed by atoms with van der Waals surface area (Å²) in [6.07, 6.45) is 1.74. The van der Waals surface area contributed by atoms with Crippen molar-refractivity contribution < 1.29 is 9.18 Å². The largest absolute Gasteiger partial charge is 0.341 e. The van der Waals surface area contributed by atoms with Gasteiger partial charge >= 0.3 is 0 Å². The molecule has 1 amide bonds. The number of amides is 1. The molecule has 0 saturated heterocycles. The number of nitrogens with two attached hydrogens (primary N) is 1. The Hall–Kier alpha value is -1.42. The van der Waals surface area contributed by atoms with Gasteiger partial charge in [0.25, 0.3) is 0 Å². The first-order valence-electron chi connectivity index (χ1n) is 6.67. The lowest BCUT2D eigenvalue weighted by Gasteiger charge is -2.46. The maximum atomic E-state index is 12.8. The van der Waals surface area contributed by atoms with Crippen molar-refractivity contribution in [3.8, 4) is 0 Å². The summed E-state index contributed by atoms with van der Waals surface area (Å²) >= 11 is 0. The molecular weight excluding hydrogens is 243 g/mol. The van der Waals surface area contributed by atoms with Crippen LogP contribution in [0.3, 0.4) is 0 Å². The number of benzene rings is 1. The van der Waals surface area contributed by atoms with E-state index in [0.29, 0.717) is 19.0 Å². The second-order valence-electron chi connectivity index (χ2n) is 5.79. The highest BCUT2D eigenvalue weighted by Crippen LogP contribution is 2.45. The first kappa shape index (κ1) is 14.0. The lowest BCUT2D eigenvalue weighted by atomic mass is 9.62. The van der Waals surface area contributed by atoms with Crippen molar-refractivity contribution >= 4 is 5.91 Å². The van der Waals surface area contributed by atoms with Crippen molar-refractivity contribution in [2.75, 3.05) is 13.6 Å². The van der Waals surface area contributed by atoms with Crippen molar-refractivity contribution in [3.63, 3.8) is 0 Å². The summed E-state index contributed by atoms with van der Waals surface area (Å²) in [5, 5.41) is 0. The maximum Gasteiger partial charge on any atom is 0.230 e. The van der Waals surface area contributed by atoms with Crippen LogP contribution < -0.4 is 5.73 Å². The van der Waals surface area contributed by atoms with Gasteiger partial charge in [-0.05, 0) is 36.5 Å². The highest BCUT2D eigenvalue weighted by atomic mass is 19.1. The van der Waals surface area contributed by atoms with Crippen molar-refractivity contribution in [1.82, 2.24) is 4.90 Å². The molecule has 0 spiro atoms. The van der Waals surface area contributed by atoms with Crippen molar-refractivity contribution in [1.29, 1.82) is 0 Å². The zero-order valence-electron chi connectivity index (χ0n) is 11.5. The summed E-state index contributed by atoms with van der Waals surface area (Å²) in [5.41, 5.74) is 6.35. The smallest absolute Gasteiger partial charge is 0.230 e. The van der Waals surface area contributed by atoms with E-state index in [2.05, 4.69) is 6.92 Å². The molecule has 0 atom stereocenters. The fourth-order valence-electron chi connectivity index (χ4n) is 3.04. The standard InChI is InChI=1S/C15H21FN2O/c1-11-7-15(8-11,10-17)14(19)18(2)9-12-3-5-13(16)6-4-12/h3-6,11H,7-10,17H2,1-2H3. The third kappa shape index (κ3) is 2.78. The maximum absolute atomic E-state index is 12.8. The van der Waals surface area contributed by atoms with E-state index in [4.69, 9.17) is 5.73 Å². The van der Waals surface area contributed by atoms with Crippen LogP contribution >= 0.6 is 0 Å². The molecule has 0 heterocycles. The molecule has 1 aromatic rings. The fourth-order valence-corrected chi connectivity index (χ4v) is 3.04. The molecule has 1 saturated carbocycles. The van der Waals surface area contributed by atoms with Gasteiger partial charge in [-0.2, -0.15) is 0 Å². The molecule has 1 fully saturated rings. The Bertz CT molecular complexity index is 452. The van der Waals surface area contributed by atoms with Crippen LogP contribution in [-0.2, 0) is 11.3 Å². The van der Waals surface area contributed by atoms with Gasteiger partial charge in [0.1, 0.15) is 5.82 Å². The lowest BCUT2D eigenvalue weighted by molar-refractivity contribution is -0.148. The summed E-state index contributed by atoms with van der Waals surface area (Å²) in [4.78, 5) is 14.2. The van der Waals surface area contributed by atoms with E-state index in [1.807, 2.05) is 0 Å². The monoisotopic (exact) mass is 264 g/mol. The Morgan fingerprint density at radius 1 is 1.42 bits per heavy atom. The minimum atomic E-state index is -0.367. The average Bonchev–Trinajstić information content (AvgIpc) is 2.36. The van der Waals surface area contributed by atoms with Crippen LogP contribution in [0.25, 0.3) is 0 Å². The molecule has 0 aliphatic heterocycles. The minimum Gasteiger partial charge on any atom is -0.341 e. The van der Waals surface area contributed by atoms with Gasteiger partial charge in [-0.3, -0.25) is 4.79 Å². The molecule has 0 aromatic heterocycles. The van der Waals surface area contributed by atoms with Gasteiger partial charge in [-0.25, -0.2) is 4.39 Å². The highest BCUT2D eigenvalue weighted by molar-refractivity contribution is 5.83. The SMILES string of the molecule is CC1CC(CN)(C(=O)N(C)Cc2ccc(F)cc2)C1. The summed E-state index contributed by atoms with van der Waals surface area (Å²) in [7, 11) is 1.78. The Kier molecular flexibility index (Phi) is 3.90. The quantitative estimate of drug-likeness (QED) is 0.906. The van der Waals surface area contributed by atoms with Crippen molar-refractivity contribution in [2.45, 2.75) is 26.3 Å². The van der Waals surface area contributed by atoms with E-state index in [1.165, 1.54) is 12.1 Å². The third-order valence-corrected chi connectivity index (χ3v) is 4.00. The lowest BCUT2D eigenvalue weighted by Crippen LogP contribution is -2.53. The van der Waals surface area contributed by atoms with Crippen LogP contribution in [0.2, 0.25) is 0 Å².